The lowest BCUT2D eigenvalue weighted by Crippen LogP contribution is -2.50. The second-order valence-electron chi connectivity index (χ2n) is 7.44. The number of hydrogen-bond acceptors (Lipinski definition) is 4. The van der Waals surface area contributed by atoms with Crippen molar-refractivity contribution in [1.29, 1.82) is 0 Å². The van der Waals surface area contributed by atoms with Crippen molar-refractivity contribution in [3.63, 3.8) is 0 Å². The van der Waals surface area contributed by atoms with Crippen molar-refractivity contribution in [3.8, 4) is 0 Å². The van der Waals surface area contributed by atoms with Gasteiger partial charge in [0.1, 0.15) is 11.6 Å². The lowest BCUT2D eigenvalue weighted by Gasteiger charge is -2.35. The van der Waals surface area contributed by atoms with E-state index in [1.165, 1.54) is 10.5 Å². The molecule has 1 unspecified atom stereocenters. The quantitative estimate of drug-likeness (QED) is 0.598. The van der Waals surface area contributed by atoms with Gasteiger partial charge >= 0.3 is 12.1 Å². The van der Waals surface area contributed by atoms with Gasteiger partial charge in [-0.25, -0.2) is 9.59 Å². The summed E-state index contributed by atoms with van der Waals surface area (Å²) in [6.45, 7) is 6.38. The summed E-state index contributed by atoms with van der Waals surface area (Å²) in [5.41, 5.74) is 0.658. The summed E-state index contributed by atoms with van der Waals surface area (Å²) >= 11 is 0. The molecule has 0 radical (unpaired) electrons. The predicted molar refractivity (Wildman–Crippen MR) is 96.3 cm³/mol. The lowest BCUT2D eigenvalue weighted by atomic mass is 10.0. The fraction of sp³-hybridized carbons (Fsp3) is 0.600. The molecule has 0 aromatic heterocycles. The second kappa shape index (κ2) is 8.88. The van der Waals surface area contributed by atoms with Gasteiger partial charge in [-0.15, -0.1) is 0 Å². The zero-order chi connectivity index (χ0) is 18.3. The van der Waals surface area contributed by atoms with Gasteiger partial charge in [0.25, 0.3) is 0 Å². The Morgan fingerprint density at radius 1 is 1.16 bits per heavy atom. The largest absolute Gasteiger partial charge is 0.464 e. The molecule has 1 aromatic carbocycles. The van der Waals surface area contributed by atoms with Gasteiger partial charge in [-0.3, -0.25) is 4.90 Å². The topological polar surface area (TPSA) is 55.8 Å². The maximum Gasteiger partial charge on any atom is 0.411 e. The zero-order valence-corrected chi connectivity index (χ0v) is 15.5. The summed E-state index contributed by atoms with van der Waals surface area (Å²) in [4.78, 5) is 26.3. The number of amides is 1. The third-order valence-corrected chi connectivity index (χ3v) is 4.10. The van der Waals surface area contributed by atoms with Crippen LogP contribution in [0.3, 0.4) is 0 Å². The molecule has 5 heteroatoms. The van der Waals surface area contributed by atoms with Crippen LogP contribution in [0.25, 0.3) is 0 Å². The molecule has 1 atom stereocenters. The van der Waals surface area contributed by atoms with Gasteiger partial charge in [0.05, 0.1) is 6.61 Å². The van der Waals surface area contributed by atoms with Crippen molar-refractivity contribution >= 4 is 12.1 Å². The first-order valence-corrected chi connectivity index (χ1v) is 9.07. The zero-order valence-electron chi connectivity index (χ0n) is 15.5. The van der Waals surface area contributed by atoms with Crippen molar-refractivity contribution in [2.45, 2.75) is 64.5 Å². The number of ether oxygens (including phenoxy) is 2. The molecule has 0 aliphatic carbocycles. The van der Waals surface area contributed by atoms with Crippen LogP contribution >= 0.6 is 0 Å². The summed E-state index contributed by atoms with van der Waals surface area (Å²) in [7, 11) is 0. The van der Waals surface area contributed by atoms with Gasteiger partial charge < -0.3 is 9.47 Å². The van der Waals surface area contributed by atoms with Crippen LogP contribution < -0.4 is 0 Å². The van der Waals surface area contributed by atoms with Gasteiger partial charge in [0, 0.05) is 6.54 Å². The van der Waals surface area contributed by atoms with E-state index in [1.807, 2.05) is 39.0 Å². The molecule has 0 N–H and O–H groups in total. The van der Waals surface area contributed by atoms with Crippen LogP contribution in [0.4, 0.5) is 4.79 Å². The van der Waals surface area contributed by atoms with Crippen molar-refractivity contribution in [2.24, 2.45) is 0 Å². The summed E-state index contributed by atoms with van der Waals surface area (Å²) in [5.74, 6) is -0.321. The molecule has 25 heavy (non-hydrogen) atoms. The molecular weight excluding hydrogens is 318 g/mol. The van der Waals surface area contributed by atoms with Crippen LogP contribution in [0.5, 0.6) is 0 Å². The number of piperidine rings is 1. The smallest absolute Gasteiger partial charge is 0.411 e. The maximum absolute atomic E-state index is 12.4. The van der Waals surface area contributed by atoms with E-state index >= 15 is 0 Å². The van der Waals surface area contributed by atoms with Gasteiger partial charge in [-0.1, -0.05) is 30.3 Å². The number of aryl methyl sites for hydroxylation is 1. The fourth-order valence-corrected chi connectivity index (χ4v) is 2.91. The maximum atomic E-state index is 12.4. The minimum atomic E-state index is -0.571. The number of likely N-dealkylation sites (tertiary alicyclic amines) is 1. The third-order valence-electron chi connectivity index (χ3n) is 4.10. The molecule has 0 spiro atoms. The van der Waals surface area contributed by atoms with Crippen molar-refractivity contribution < 1.29 is 19.1 Å². The fourth-order valence-electron chi connectivity index (χ4n) is 2.91. The van der Waals surface area contributed by atoms with Crippen LogP contribution in [0, 0.1) is 0 Å². The molecule has 0 saturated carbocycles. The summed E-state index contributed by atoms with van der Waals surface area (Å²) in [6, 6.07) is 9.59. The summed E-state index contributed by atoms with van der Waals surface area (Å²) in [5, 5.41) is 0. The average molecular weight is 347 g/mol. The highest BCUT2D eigenvalue weighted by molar-refractivity contribution is 5.81. The standard InChI is InChI=1S/C20H29NO4/c1-20(2,3)25-19(23)21-14-8-7-13-17(21)18(22)24-15-9-12-16-10-5-4-6-11-16/h4-6,10-11,17H,7-9,12-15H2,1-3H3. The first-order valence-electron chi connectivity index (χ1n) is 9.07. The molecule has 1 aliphatic heterocycles. The lowest BCUT2D eigenvalue weighted by molar-refractivity contribution is -0.151. The molecular formula is C20H29NO4. The predicted octanol–water partition coefficient (Wildman–Crippen LogP) is 3.95. The monoisotopic (exact) mass is 347 g/mol. The Morgan fingerprint density at radius 2 is 1.88 bits per heavy atom. The highest BCUT2D eigenvalue weighted by atomic mass is 16.6. The van der Waals surface area contributed by atoms with E-state index in [4.69, 9.17) is 9.47 Å². The molecule has 1 saturated heterocycles. The minimum Gasteiger partial charge on any atom is -0.464 e. The van der Waals surface area contributed by atoms with Crippen LogP contribution in [0.15, 0.2) is 30.3 Å². The van der Waals surface area contributed by atoms with Crippen molar-refractivity contribution in [1.82, 2.24) is 4.90 Å². The van der Waals surface area contributed by atoms with Crippen LogP contribution in [-0.2, 0) is 20.7 Å². The molecule has 1 fully saturated rings. The minimum absolute atomic E-state index is 0.321. The molecule has 0 bridgehead atoms. The van der Waals surface area contributed by atoms with Crippen LogP contribution in [0.1, 0.15) is 52.0 Å². The number of esters is 1. The van der Waals surface area contributed by atoms with Gasteiger partial charge in [0.2, 0.25) is 0 Å². The first kappa shape index (κ1) is 19.3. The molecule has 138 valence electrons. The summed E-state index contributed by atoms with van der Waals surface area (Å²) < 4.78 is 10.8. The Hall–Kier alpha value is -2.04. The molecule has 1 aromatic rings. The van der Waals surface area contributed by atoms with E-state index in [-0.39, 0.29) is 5.97 Å². The van der Waals surface area contributed by atoms with E-state index in [1.54, 1.807) is 0 Å². The Balaban J connectivity index is 1.82. The molecule has 1 heterocycles. The Labute approximate surface area is 150 Å². The Bertz CT molecular complexity index is 565. The summed E-state index contributed by atoms with van der Waals surface area (Å²) in [6.07, 6.45) is 3.65. The highest BCUT2D eigenvalue weighted by Crippen LogP contribution is 2.21. The van der Waals surface area contributed by atoms with E-state index < -0.39 is 17.7 Å². The number of benzene rings is 1. The average Bonchev–Trinajstić information content (AvgIpc) is 2.58. The number of carbonyl (C=O) groups is 2. The number of hydrogen-bond donors (Lipinski definition) is 0. The van der Waals surface area contributed by atoms with Crippen molar-refractivity contribution in [2.75, 3.05) is 13.2 Å². The van der Waals surface area contributed by atoms with Gasteiger partial charge in [-0.2, -0.15) is 0 Å². The third kappa shape index (κ3) is 6.40. The number of nitrogens with zero attached hydrogens (tertiary/aromatic N) is 1. The normalized spacial score (nSPS) is 17.9. The van der Waals surface area contributed by atoms with E-state index in [0.29, 0.717) is 19.6 Å². The van der Waals surface area contributed by atoms with Crippen molar-refractivity contribution in [3.05, 3.63) is 35.9 Å². The van der Waals surface area contributed by atoms with E-state index in [9.17, 15) is 9.59 Å². The molecule has 1 amide bonds. The first-order chi connectivity index (χ1) is 11.9. The van der Waals surface area contributed by atoms with Crippen LogP contribution in [0.2, 0.25) is 0 Å². The van der Waals surface area contributed by atoms with Gasteiger partial charge in [-0.05, 0) is 58.4 Å². The Kier molecular flexibility index (Phi) is 6.85. The SMILES string of the molecule is CC(C)(C)OC(=O)N1CCCCC1C(=O)OCCCc1ccccc1. The second-order valence-corrected chi connectivity index (χ2v) is 7.44. The number of rotatable bonds is 5. The van der Waals surface area contributed by atoms with Gasteiger partial charge in [0.15, 0.2) is 0 Å². The van der Waals surface area contributed by atoms with E-state index in [2.05, 4.69) is 12.1 Å². The Morgan fingerprint density at radius 3 is 2.56 bits per heavy atom. The van der Waals surface area contributed by atoms with Crippen LogP contribution in [-0.4, -0.2) is 41.8 Å². The highest BCUT2D eigenvalue weighted by Gasteiger charge is 2.35. The molecule has 1 aliphatic rings. The number of carbonyl (C=O) groups excluding carboxylic acids is 2. The molecule has 5 nitrogen and oxygen atoms in total. The van der Waals surface area contributed by atoms with E-state index in [0.717, 1.165) is 25.7 Å². The molecule has 2 rings (SSSR count).